The van der Waals surface area contributed by atoms with E-state index in [2.05, 4.69) is 4.99 Å². The summed E-state index contributed by atoms with van der Waals surface area (Å²) in [4.78, 5) is 28.8. The number of amidine groups is 1. The number of benzene rings is 2. The monoisotopic (exact) mass is 379 g/mol. The van der Waals surface area contributed by atoms with Gasteiger partial charge in [-0.15, -0.1) is 0 Å². The second kappa shape index (κ2) is 7.26. The van der Waals surface area contributed by atoms with E-state index in [9.17, 15) is 20.0 Å². The molecule has 1 aliphatic heterocycles. The first kappa shape index (κ1) is 19.3. The van der Waals surface area contributed by atoms with Crippen molar-refractivity contribution in [2.45, 2.75) is 33.6 Å². The number of phenols is 1. The van der Waals surface area contributed by atoms with Crippen LogP contribution in [0.5, 0.6) is 5.75 Å². The molecule has 1 aliphatic rings. The molecule has 0 fully saturated rings. The molecule has 1 heterocycles. The zero-order valence-electron chi connectivity index (χ0n) is 16.1. The number of rotatable bonds is 4. The van der Waals surface area contributed by atoms with Crippen molar-refractivity contribution in [2.75, 3.05) is 4.90 Å². The van der Waals surface area contributed by atoms with Crippen LogP contribution in [0.25, 0.3) is 6.08 Å². The minimum atomic E-state index is -0.475. The van der Waals surface area contributed by atoms with Gasteiger partial charge in [-0.05, 0) is 54.7 Å². The van der Waals surface area contributed by atoms with E-state index in [-0.39, 0.29) is 17.4 Å². The highest BCUT2D eigenvalue weighted by Crippen LogP contribution is 2.36. The molecule has 0 bridgehead atoms. The topological polar surface area (TPSA) is 96.0 Å². The van der Waals surface area contributed by atoms with E-state index >= 15 is 0 Å². The average Bonchev–Trinajstić information content (AvgIpc) is 2.88. The summed E-state index contributed by atoms with van der Waals surface area (Å²) in [5.41, 5.74) is 3.09. The van der Waals surface area contributed by atoms with Gasteiger partial charge in [0.2, 0.25) is 0 Å². The van der Waals surface area contributed by atoms with Gasteiger partial charge in [-0.25, -0.2) is 0 Å². The summed E-state index contributed by atoms with van der Waals surface area (Å²) >= 11 is 0. The molecule has 3 rings (SSSR count). The van der Waals surface area contributed by atoms with Crippen LogP contribution in [0.4, 0.5) is 11.4 Å². The number of aliphatic imine (C=N–C) groups is 1. The molecule has 0 saturated heterocycles. The summed E-state index contributed by atoms with van der Waals surface area (Å²) in [7, 11) is 0. The van der Waals surface area contributed by atoms with Gasteiger partial charge in [0.25, 0.3) is 11.6 Å². The summed E-state index contributed by atoms with van der Waals surface area (Å²) in [5.74, 6) is 0.396. The summed E-state index contributed by atoms with van der Waals surface area (Å²) in [6.07, 6.45) is 1.59. The van der Waals surface area contributed by atoms with Crippen molar-refractivity contribution in [3.8, 4) is 5.75 Å². The zero-order chi connectivity index (χ0) is 20.6. The lowest BCUT2D eigenvalue weighted by molar-refractivity contribution is -0.384. The molecule has 1 amide bonds. The lowest BCUT2D eigenvalue weighted by atomic mass is 9.98. The van der Waals surface area contributed by atoms with Gasteiger partial charge in [-0.2, -0.15) is 4.99 Å². The number of amides is 1. The van der Waals surface area contributed by atoms with Crippen LogP contribution < -0.4 is 4.90 Å². The molecule has 0 spiro atoms. The number of aryl methyl sites for hydroxylation is 1. The van der Waals surface area contributed by atoms with Crippen molar-refractivity contribution in [3.05, 3.63) is 68.9 Å². The molecule has 0 saturated carbocycles. The Hall–Kier alpha value is -3.48. The van der Waals surface area contributed by atoms with Crippen LogP contribution in [0, 0.1) is 17.0 Å². The average molecular weight is 379 g/mol. The molecule has 144 valence electrons. The highest BCUT2D eigenvalue weighted by Gasteiger charge is 2.30. The van der Waals surface area contributed by atoms with Crippen molar-refractivity contribution in [2.24, 2.45) is 4.99 Å². The van der Waals surface area contributed by atoms with E-state index in [1.165, 1.54) is 12.1 Å². The molecule has 0 aliphatic carbocycles. The van der Waals surface area contributed by atoms with E-state index in [0.29, 0.717) is 17.1 Å². The maximum atomic E-state index is 12.5. The molecular weight excluding hydrogens is 358 g/mol. The number of anilines is 1. The molecule has 0 unspecified atom stereocenters. The lowest BCUT2D eigenvalue weighted by Gasteiger charge is -2.24. The van der Waals surface area contributed by atoms with Crippen LogP contribution in [0.15, 0.2) is 47.1 Å². The quantitative estimate of drug-likeness (QED) is 0.478. The van der Waals surface area contributed by atoms with E-state index < -0.39 is 10.8 Å². The van der Waals surface area contributed by atoms with Gasteiger partial charge in [0, 0.05) is 12.1 Å². The third-order valence-corrected chi connectivity index (χ3v) is 4.64. The number of phenolic OH excluding ortho intramolecular Hbond substituents is 1. The van der Waals surface area contributed by atoms with Gasteiger partial charge in [0.05, 0.1) is 10.6 Å². The van der Waals surface area contributed by atoms with Crippen LogP contribution in [-0.2, 0) is 4.79 Å². The maximum Gasteiger partial charge on any atom is 0.295 e. The number of aromatic hydroxyl groups is 1. The maximum absolute atomic E-state index is 12.5. The van der Waals surface area contributed by atoms with Crippen molar-refractivity contribution < 1.29 is 14.8 Å². The predicted octanol–water partition coefficient (Wildman–Crippen LogP) is 4.54. The second-order valence-electron chi connectivity index (χ2n) is 7.03. The standard InChI is InChI=1S/C21H21N3O4/c1-12(2)17-11-18(13(3)8-20(17)25)23-14(4)22-21(26)19(23)10-15-6-5-7-16(9-15)24(27)28/h5-12,25H,1-4H3. The fraction of sp³-hybridized carbons (Fsp3) is 0.238. The fourth-order valence-corrected chi connectivity index (χ4v) is 3.24. The van der Waals surface area contributed by atoms with Gasteiger partial charge in [0.1, 0.15) is 17.3 Å². The van der Waals surface area contributed by atoms with Gasteiger partial charge >= 0.3 is 0 Å². The van der Waals surface area contributed by atoms with Crippen LogP contribution in [0.2, 0.25) is 0 Å². The Morgan fingerprint density at radius 2 is 1.93 bits per heavy atom. The molecule has 0 aromatic heterocycles. The van der Waals surface area contributed by atoms with Crippen molar-refractivity contribution >= 4 is 29.2 Å². The normalized spacial score (nSPS) is 15.5. The third-order valence-electron chi connectivity index (χ3n) is 4.64. The van der Waals surface area contributed by atoms with Gasteiger partial charge in [-0.1, -0.05) is 26.0 Å². The molecule has 1 N–H and O–H groups in total. The SMILES string of the molecule is CC1=NC(=O)C(=Cc2cccc([N+](=O)[O-])c2)N1c1cc(C(C)C)c(O)cc1C. The lowest BCUT2D eigenvalue weighted by Crippen LogP contribution is -2.25. The van der Waals surface area contributed by atoms with Crippen molar-refractivity contribution in [1.29, 1.82) is 0 Å². The molecule has 7 heteroatoms. The predicted molar refractivity (Wildman–Crippen MR) is 109 cm³/mol. The van der Waals surface area contributed by atoms with Gasteiger partial charge in [0.15, 0.2) is 0 Å². The Kier molecular flexibility index (Phi) is 5.00. The second-order valence-corrected chi connectivity index (χ2v) is 7.03. The van der Waals surface area contributed by atoms with Gasteiger partial charge in [-0.3, -0.25) is 19.8 Å². The molecule has 2 aromatic carbocycles. The summed E-state index contributed by atoms with van der Waals surface area (Å²) < 4.78 is 0. The van der Waals surface area contributed by atoms with Crippen molar-refractivity contribution in [3.63, 3.8) is 0 Å². The third kappa shape index (κ3) is 3.51. The number of carbonyl (C=O) groups excluding carboxylic acids is 1. The number of hydrogen-bond acceptors (Lipinski definition) is 5. The first-order valence-electron chi connectivity index (χ1n) is 8.88. The van der Waals surface area contributed by atoms with E-state index in [1.807, 2.05) is 26.8 Å². The minimum absolute atomic E-state index is 0.0492. The largest absolute Gasteiger partial charge is 0.508 e. The Labute approximate surface area is 162 Å². The first-order chi connectivity index (χ1) is 13.2. The summed E-state index contributed by atoms with van der Waals surface area (Å²) in [6.45, 7) is 7.53. The Balaban J connectivity index is 2.13. The Morgan fingerprint density at radius 3 is 2.57 bits per heavy atom. The highest BCUT2D eigenvalue weighted by molar-refractivity contribution is 6.22. The number of nitro groups is 1. The smallest absolute Gasteiger partial charge is 0.295 e. The van der Waals surface area contributed by atoms with Crippen LogP contribution in [0.3, 0.4) is 0 Å². The van der Waals surface area contributed by atoms with E-state index in [4.69, 9.17) is 0 Å². The molecular formula is C21H21N3O4. The number of nitrogens with zero attached hydrogens (tertiary/aromatic N) is 3. The van der Waals surface area contributed by atoms with Crippen molar-refractivity contribution in [1.82, 2.24) is 0 Å². The molecule has 0 radical (unpaired) electrons. The molecule has 28 heavy (non-hydrogen) atoms. The molecule has 2 aromatic rings. The Bertz CT molecular complexity index is 1040. The van der Waals surface area contributed by atoms with E-state index in [0.717, 1.165) is 16.8 Å². The zero-order valence-corrected chi connectivity index (χ0v) is 16.1. The van der Waals surface area contributed by atoms with E-state index in [1.54, 1.807) is 36.1 Å². The summed E-state index contributed by atoms with van der Waals surface area (Å²) in [6, 6.07) is 9.61. The van der Waals surface area contributed by atoms with Crippen LogP contribution in [0.1, 0.15) is 43.4 Å². The molecule has 7 nitrogen and oxygen atoms in total. The summed E-state index contributed by atoms with van der Waals surface area (Å²) in [5, 5.41) is 21.3. The van der Waals surface area contributed by atoms with Gasteiger partial charge < -0.3 is 5.11 Å². The van der Waals surface area contributed by atoms with Crippen LogP contribution in [-0.4, -0.2) is 21.8 Å². The fourth-order valence-electron chi connectivity index (χ4n) is 3.24. The Morgan fingerprint density at radius 1 is 1.21 bits per heavy atom. The first-order valence-corrected chi connectivity index (χ1v) is 8.88. The van der Waals surface area contributed by atoms with Crippen LogP contribution >= 0.6 is 0 Å². The number of non-ortho nitro benzene ring substituents is 1. The highest BCUT2D eigenvalue weighted by atomic mass is 16.6. The number of nitro benzene ring substituents is 1. The minimum Gasteiger partial charge on any atom is -0.508 e. The number of hydrogen-bond donors (Lipinski definition) is 1. The number of carbonyl (C=O) groups is 1. The molecule has 0 atom stereocenters.